The number of carbonyl (C=O) groups excluding carboxylic acids is 1. The fourth-order valence-electron chi connectivity index (χ4n) is 1.77. The van der Waals surface area contributed by atoms with E-state index in [0.717, 1.165) is 4.47 Å². The molecule has 0 heterocycles. The number of nitrogens with two attached hydrogens (primary N) is 1. The molecule has 0 aliphatic carbocycles. The number of hydrogen-bond donors (Lipinski definition) is 2. The number of ether oxygens (including phenoxy) is 1. The lowest BCUT2D eigenvalue weighted by atomic mass is 10.1. The van der Waals surface area contributed by atoms with Crippen molar-refractivity contribution in [3.8, 4) is 5.75 Å². The summed E-state index contributed by atoms with van der Waals surface area (Å²) >= 11 is 3.33. The lowest BCUT2D eigenvalue weighted by Gasteiger charge is -2.12. The smallest absolute Gasteiger partial charge is 0.257 e. The second-order valence-corrected chi connectivity index (χ2v) is 5.03. The molecule has 1 amide bonds. The van der Waals surface area contributed by atoms with Crippen molar-refractivity contribution in [2.75, 3.05) is 17.7 Å². The predicted octanol–water partition coefficient (Wildman–Crippen LogP) is 3.68. The molecule has 0 atom stereocenters. The Balaban J connectivity index is 2.26. The molecule has 0 saturated carbocycles. The van der Waals surface area contributed by atoms with Crippen LogP contribution in [0.15, 0.2) is 46.9 Å². The molecule has 0 bridgehead atoms. The second kappa shape index (κ2) is 6.43. The standard InChI is InChI=1S/C15H15BrN2O2/c1-2-20-14-6-4-3-5-13(14)18-15(19)11-9-10(16)7-8-12(11)17/h3-9H,2,17H2,1H3,(H,18,19). The molecule has 20 heavy (non-hydrogen) atoms. The van der Waals surface area contributed by atoms with E-state index in [9.17, 15) is 4.79 Å². The SMILES string of the molecule is CCOc1ccccc1NC(=O)c1cc(Br)ccc1N. The van der Waals surface area contributed by atoms with E-state index in [2.05, 4.69) is 21.2 Å². The molecule has 4 nitrogen and oxygen atoms in total. The van der Waals surface area contributed by atoms with Crippen LogP contribution in [-0.4, -0.2) is 12.5 Å². The first-order chi connectivity index (χ1) is 9.61. The van der Waals surface area contributed by atoms with Gasteiger partial charge in [0.1, 0.15) is 5.75 Å². The van der Waals surface area contributed by atoms with Crippen LogP contribution in [0, 0.1) is 0 Å². The van der Waals surface area contributed by atoms with E-state index < -0.39 is 0 Å². The molecule has 0 radical (unpaired) electrons. The first kappa shape index (κ1) is 14.4. The third kappa shape index (κ3) is 3.30. The molecule has 2 aromatic rings. The topological polar surface area (TPSA) is 64.3 Å². The zero-order valence-electron chi connectivity index (χ0n) is 11.0. The molecule has 0 aliphatic heterocycles. The van der Waals surface area contributed by atoms with E-state index in [1.54, 1.807) is 24.3 Å². The fourth-order valence-corrected chi connectivity index (χ4v) is 2.13. The summed E-state index contributed by atoms with van der Waals surface area (Å²) in [7, 11) is 0. The number of anilines is 2. The van der Waals surface area contributed by atoms with E-state index in [4.69, 9.17) is 10.5 Å². The highest BCUT2D eigenvalue weighted by molar-refractivity contribution is 9.10. The van der Waals surface area contributed by atoms with Crippen molar-refractivity contribution in [3.63, 3.8) is 0 Å². The van der Waals surface area contributed by atoms with Crippen molar-refractivity contribution in [2.45, 2.75) is 6.92 Å². The Labute approximate surface area is 126 Å². The highest BCUT2D eigenvalue weighted by atomic mass is 79.9. The summed E-state index contributed by atoms with van der Waals surface area (Å²) < 4.78 is 6.27. The molecule has 2 aromatic carbocycles. The molecule has 2 rings (SSSR count). The molecular formula is C15H15BrN2O2. The molecule has 0 aromatic heterocycles. The van der Waals surface area contributed by atoms with Gasteiger partial charge < -0.3 is 15.8 Å². The highest BCUT2D eigenvalue weighted by Crippen LogP contribution is 2.26. The lowest BCUT2D eigenvalue weighted by molar-refractivity contribution is 0.102. The normalized spacial score (nSPS) is 10.1. The zero-order valence-corrected chi connectivity index (χ0v) is 12.6. The molecule has 3 N–H and O–H groups in total. The van der Waals surface area contributed by atoms with Gasteiger partial charge in [-0.3, -0.25) is 4.79 Å². The van der Waals surface area contributed by atoms with Gasteiger partial charge in [0.2, 0.25) is 0 Å². The van der Waals surface area contributed by atoms with Gasteiger partial charge in [-0.15, -0.1) is 0 Å². The van der Waals surface area contributed by atoms with Crippen molar-refractivity contribution >= 4 is 33.2 Å². The van der Waals surface area contributed by atoms with Crippen LogP contribution < -0.4 is 15.8 Å². The van der Waals surface area contributed by atoms with Crippen LogP contribution in [0.1, 0.15) is 17.3 Å². The number of carbonyl (C=O) groups is 1. The summed E-state index contributed by atoms with van der Waals surface area (Å²) in [6, 6.07) is 12.5. The summed E-state index contributed by atoms with van der Waals surface area (Å²) in [6.07, 6.45) is 0. The molecule has 5 heteroatoms. The number of benzene rings is 2. The summed E-state index contributed by atoms with van der Waals surface area (Å²) in [4.78, 5) is 12.3. The van der Waals surface area contributed by atoms with Crippen molar-refractivity contribution in [1.82, 2.24) is 0 Å². The molecule has 0 spiro atoms. The van der Waals surface area contributed by atoms with Crippen LogP contribution in [0.2, 0.25) is 0 Å². The van der Waals surface area contributed by atoms with Crippen LogP contribution in [0.5, 0.6) is 5.75 Å². The minimum absolute atomic E-state index is 0.268. The van der Waals surface area contributed by atoms with Crippen LogP contribution in [0.3, 0.4) is 0 Å². The van der Waals surface area contributed by atoms with Crippen molar-refractivity contribution < 1.29 is 9.53 Å². The van der Waals surface area contributed by atoms with Gasteiger partial charge in [0.25, 0.3) is 5.91 Å². The summed E-state index contributed by atoms with van der Waals surface area (Å²) in [5, 5.41) is 2.81. The maximum atomic E-state index is 12.3. The first-order valence-corrected chi connectivity index (χ1v) is 6.99. The maximum Gasteiger partial charge on any atom is 0.257 e. The minimum Gasteiger partial charge on any atom is -0.492 e. The summed E-state index contributed by atoms with van der Waals surface area (Å²) in [5.74, 6) is 0.368. The summed E-state index contributed by atoms with van der Waals surface area (Å²) in [5.41, 5.74) is 7.30. The van der Waals surface area contributed by atoms with Gasteiger partial charge in [0, 0.05) is 10.2 Å². The van der Waals surface area contributed by atoms with Gasteiger partial charge in [0.15, 0.2) is 0 Å². The van der Waals surface area contributed by atoms with Crippen molar-refractivity contribution in [2.24, 2.45) is 0 Å². The number of para-hydroxylation sites is 2. The van der Waals surface area contributed by atoms with E-state index in [-0.39, 0.29) is 5.91 Å². The minimum atomic E-state index is -0.268. The number of hydrogen-bond acceptors (Lipinski definition) is 3. The summed E-state index contributed by atoms with van der Waals surface area (Å²) in [6.45, 7) is 2.43. The fraction of sp³-hybridized carbons (Fsp3) is 0.133. The van der Waals surface area contributed by atoms with Gasteiger partial charge in [-0.1, -0.05) is 28.1 Å². The predicted molar refractivity (Wildman–Crippen MR) is 84.1 cm³/mol. The Morgan fingerprint density at radius 3 is 2.80 bits per heavy atom. The molecule has 0 saturated heterocycles. The van der Waals surface area contributed by atoms with Crippen molar-refractivity contribution in [3.05, 3.63) is 52.5 Å². The monoisotopic (exact) mass is 334 g/mol. The van der Waals surface area contributed by atoms with E-state index >= 15 is 0 Å². The van der Waals surface area contributed by atoms with Crippen LogP contribution >= 0.6 is 15.9 Å². The molecule has 104 valence electrons. The third-order valence-corrected chi connectivity index (χ3v) is 3.19. The third-order valence-electron chi connectivity index (χ3n) is 2.70. The number of halogens is 1. The Hall–Kier alpha value is -2.01. The second-order valence-electron chi connectivity index (χ2n) is 4.11. The Bertz CT molecular complexity index is 629. The van der Waals surface area contributed by atoms with Crippen LogP contribution in [0.25, 0.3) is 0 Å². The van der Waals surface area contributed by atoms with E-state index in [0.29, 0.717) is 29.3 Å². The van der Waals surface area contributed by atoms with E-state index in [1.807, 2.05) is 25.1 Å². The average Bonchev–Trinajstić information content (AvgIpc) is 2.44. The Morgan fingerprint density at radius 2 is 2.05 bits per heavy atom. The number of nitrogens with one attached hydrogen (secondary N) is 1. The Kier molecular flexibility index (Phi) is 4.63. The number of nitrogen functional groups attached to an aromatic ring is 1. The zero-order chi connectivity index (χ0) is 14.5. The Morgan fingerprint density at radius 1 is 1.30 bits per heavy atom. The van der Waals surface area contributed by atoms with Crippen molar-refractivity contribution in [1.29, 1.82) is 0 Å². The number of amides is 1. The quantitative estimate of drug-likeness (QED) is 0.838. The first-order valence-electron chi connectivity index (χ1n) is 6.20. The van der Waals surface area contributed by atoms with Gasteiger partial charge in [-0.25, -0.2) is 0 Å². The highest BCUT2D eigenvalue weighted by Gasteiger charge is 2.12. The molecular weight excluding hydrogens is 320 g/mol. The molecule has 0 unspecified atom stereocenters. The van der Waals surface area contributed by atoms with E-state index in [1.165, 1.54) is 0 Å². The van der Waals surface area contributed by atoms with Gasteiger partial charge in [0.05, 0.1) is 17.9 Å². The van der Waals surface area contributed by atoms with Gasteiger partial charge in [-0.2, -0.15) is 0 Å². The molecule has 0 aliphatic rings. The van der Waals surface area contributed by atoms with Gasteiger partial charge >= 0.3 is 0 Å². The van der Waals surface area contributed by atoms with Crippen LogP contribution in [0.4, 0.5) is 11.4 Å². The van der Waals surface area contributed by atoms with Crippen LogP contribution in [-0.2, 0) is 0 Å². The maximum absolute atomic E-state index is 12.3. The van der Waals surface area contributed by atoms with Gasteiger partial charge in [-0.05, 0) is 37.3 Å². The lowest BCUT2D eigenvalue weighted by Crippen LogP contribution is -2.14. The average molecular weight is 335 g/mol. The molecule has 0 fully saturated rings. The largest absolute Gasteiger partial charge is 0.492 e. The number of rotatable bonds is 4.